The molecule has 6 rings (SSSR count). The monoisotopic (exact) mass is 488 g/mol. The highest BCUT2D eigenvalue weighted by Crippen LogP contribution is 2.30. The summed E-state index contributed by atoms with van der Waals surface area (Å²) < 4.78 is 1.75. The number of nitrogens with one attached hydrogen (secondary N) is 2. The van der Waals surface area contributed by atoms with E-state index in [4.69, 9.17) is 5.73 Å². The number of hydrogen-bond acceptors (Lipinski definition) is 7. The zero-order chi connectivity index (χ0) is 25.5. The molecule has 0 fully saturated rings. The molecule has 9 nitrogen and oxygen atoms in total. The summed E-state index contributed by atoms with van der Waals surface area (Å²) in [5.41, 5.74) is 11.1. The molecule has 4 heterocycles. The van der Waals surface area contributed by atoms with Gasteiger partial charge in [-0.05, 0) is 49.1 Å². The van der Waals surface area contributed by atoms with E-state index >= 15 is 0 Å². The third-order valence-corrected chi connectivity index (χ3v) is 6.41. The van der Waals surface area contributed by atoms with Gasteiger partial charge in [0.1, 0.15) is 5.52 Å². The fourth-order valence-electron chi connectivity index (χ4n) is 4.65. The Morgan fingerprint density at radius 1 is 1.00 bits per heavy atom. The number of aryl methyl sites for hydroxylation is 1. The number of hydrogen-bond donors (Lipinski definition) is 3. The number of nitrogens with two attached hydrogens (primary N) is 1. The molecule has 0 bridgehead atoms. The molecule has 0 aliphatic rings. The van der Waals surface area contributed by atoms with Crippen molar-refractivity contribution in [3.8, 4) is 16.8 Å². The first-order valence-electron chi connectivity index (χ1n) is 11.9. The first-order chi connectivity index (χ1) is 18.0. The van der Waals surface area contributed by atoms with E-state index in [1.54, 1.807) is 10.9 Å². The zero-order valence-corrected chi connectivity index (χ0v) is 20.3. The molecular formula is C28H24N8O. The molecule has 0 aliphatic heterocycles. The summed E-state index contributed by atoms with van der Waals surface area (Å²) in [6.45, 7) is 3.92. The average molecular weight is 489 g/mol. The van der Waals surface area contributed by atoms with Crippen molar-refractivity contribution in [1.82, 2.24) is 29.5 Å². The van der Waals surface area contributed by atoms with E-state index in [9.17, 15) is 4.79 Å². The van der Waals surface area contributed by atoms with Gasteiger partial charge in [-0.2, -0.15) is 9.97 Å². The number of pyridine rings is 2. The smallest absolute Gasteiger partial charge is 0.263 e. The van der Waals surface area contributed by atoms with Crippen molar-refractivity contribution in [2.45, 2.75) is 19.9 Å². The molecule has 0 amide bonds. The highest BCUT2D eigenvalue weighted by molar-refractivity contribution is 5.96. The summed E-state index contributed by atoms with van der Waals surface area (Å²) in [6.07, 6.45) is 3.36. The SMILES string of the molecule is Cc1ccc(-c2cccc3cc([C@@H](C)Nc4nc(N)nc5nc[nH]c45)n(-c4ccccc4)c(=O)c23)cn1. The lowest BCUT2D eigenvalue weighted by molar-refractivity contribution is 0.774. The van der Waals surface area contributed by atoms with Gasteiger partial charge in [0.05, 0.1) is 17.8 Å². The van der Waals surface area contributed by atoms with Crippen LogP contribution in [0, 0.1) is 6.92 Å². The van der Waals surface area contributed by atoms with E-state index < -0.39 is 0 Å². The number of anilines is 2. The van der Waals surface area contributed by atoms with Crippen molar-refractivity contribution >= 4 is 33.7 Å². The molecule has 4 N–H and O–H groups in total. The number of nitrogens with zero attached hydrogens (tertiary/aromatic N) is 5. The molecule has 4 aromatic heterocycles. The Morgan fingerprint density at radius 2 is 1.84 bits per heavy atom. The molecule has 0 spiro atoms. The van der Waals surface area contributed by atoms with Crippen LogP contribution in [0.3, 0.4) is 0 Å². The second-order valence-electron chi connectivity index (χ2n) is 8.90. The summed E-state index contributed by atoms with van der Waals surface area (Å²) >= 11 is 0. The number of imidazole rings is 1. The summed E-state index contributed by atoms with van der Waals surface area (Å²) in [7, 11) is 0. The molecule has 0 radical (unpaired) electrons. The fraction of sp³-hybridized carbons (Fsp3) is 0.107. The summed E-state index contributed by atoms with van der Waals surface area (Å²) in [4.78, 5) is 34.5. The first-order valence-corrected chi connectivity index (χ1v) is 11.9. The predicted octanol–water partition coefficient (Wildman–Crippen LogP) is 4.78. The highest BCUT2D eigenvalue weighted by atomic mass is 16.1. The lowest BCUT2D eigenvalue weighted by Gasteiger charge is -2.22. The van der Waals surface area contributed by atoms with Gasteiger partial charge >= 0.3 is 0 Å². The van der Waals surface area contributed by atoms with Crippen LogP contribution >= 0.6 is 0 Å². The minimum atomic E-state index is -0.317. The van der Waals surface area contributed by atoms with E-state index in [-0.39, 0.29) is 17.5 Å². The Labute approximate surface area is 212 Å². The van der Waals surface area contributed by atoms with Crippen LogP contribution in [0.15, 0.2) is 84.0 Å². The molecule has 2 aromatic carbocycles. The third kappa shape index (κ3) is 3.96. The number of H-pyrrole nitrogens is 1. The van der Waals surface area contributed by atoms with Gasteiger partial charge in [0, 0.05) is 28.8 Å². The number of aromatic nitrogens is 6. The van der Waals surface area contributed by atoms with E-state index in [0.717, 1.165) is 33.6 Å². The van der Waals surface area contributed by atoms with Crippen molar-refractivity contribution < 1.29 is 0 Å². The van der Waals surface area contributed by atoms with Gasteiger partial charge in [-0.1, -0.05) is 42.5 Å². The zero-order valence-electron chi connectivity index (χ0n) is 20.3. The number of nitrogen functional groups attached to an aromatic ring is 1. The van der Waals surface area contributed by atoms with Crippen LogP contribution in [-0.4, -0.2) is 29.5 Å². The standard InChI is InChI=1S/C28H24N8O/c1-16-11-12-19(14-30-16)21-10-6-7-18-13-22(36(27(37)23(18)21)20-8-4-3-5-9-20)17(2)33-26-24-25(32-15-31-24)34-28(29)35-26/h3-15,17H,1-2H3,(H4,29,31,32,33,34,35)/t17-/m1/s1. The largest absolute Gasteiger partial charge is 0.368 e. The van der Waals surface area contributed by atoms with E-state index in [0.29, 0.717) is 22.4 Å². The molecule has 0 saturated carbocycles. The Kier molecular flexibility index (Phi) is 5.37. The second-order valence-corrected chi connectivity index (χ2v) is 8.90. The summed E-state index contributed by atoms with van der Waals surface area (Å²) in [5, 5.41) is 4.89. The maximum Gasteiger partial charge on any atom is 0.263 e. The normalized spacial score (nSPS) is 12.2. The maximum atomic E-state index is 14.2. The van der Waals surface area contributed by atoms with Crippen LogP contribution in [0.25, 0.3) is 38.8 Å². The van der Waals surface area contributed by atoms with Gasteiger partial charge in [-0.3, -0.25) is 14.3 Å². The van der Waals surface area contributed by atoms with Crippen molar-refractivity contribution in [2.75, 3.05) is 11.1 Å². The number of rotatable bonds is 5. The summed E-state index contributed by atoms with van der Waals surface area (Å²) in [5.74, 6) is 0.628. The van der Waals surface area contributed by atoms with Gasteiger partial charge in [0.2, 0.25) is 5.95 Å². The molecule has 0 unspecified atom stereocenters. The molecule has 182 valence electrons. The van der Waals surface area contributed by atoms with E-state index in [1.165, 1.54) is 0 Å². The molecule has 1 atom stereocenters. The molecule has 0 saturated heterocycles. The predicted molar refractivity (Wildman–Crippen MR) is 146 cm³/mol. The quantitative estimate of drug-likeness (QED) is 0.319. The topological polar surface area (TPSA) is 127 Å². The van der Waals surface area contributed by atoms with Crippen molar-refractivity contribution in [2.24, 2.45) is 0 Å². The van der Waals surface area contributed by atoms with Gasteiger partial charge < -0.3 is 16.0 Å². The Bertz CT molecular complexity index is 1810. The number of benzene rings is 2. The van der Waals surface area contributed by atoms with Crippen LogP contribution in [0.4, 0.5) is 11.8 Å². The molecular weight excluding hydrogens is 464 g/mol. The van der Waals surface area contributed by atoms with E-state index in [2.05, 4.69) is 30.2 Å². The van der Waals surface area contributed by atoms with Crippen LogP contribution < -0.4 is 16.6 Å². The van der Waals surface area contributed by atoms with Crippen LogP contribution in [0.1, 0.15) is 24.4 Å². The van der Waals surface area contributed by atoms with E-state index in [1.807, 2.05) is 86.8 Å². The van der Waals surface area contributed by atoms with Crippen LogP contribution in [0.5, 0.6) is 0 Å². The summed E-state index contributed by atoms with van der Waals surface area (Å²) in [6, 6.07) is 21.2. The minimum absolute atomic E-state index is 0.114. The first kappa shape index (κ1) is 22.4. The number of aromatic amines is 1. The lowest BCUT2D eigenvalue weighted by atomic mass is 9.98. The van der Waals surface area contributed by atoms with Crippen molar-refractivity contribution in [3.63, 3.8) is 0 Å². The van der Waals surface area contributed by atoms with Crippen molar-refractivity contribution in [3.05, 3.63) is 101 Å². The van der Waals surface area contributed by atoms with Crippen LogP contribution in [-0.2, 0) is 0 Å². The Balaban J connectivity index is 1.57. The highest BCUT2D eigenvalue weighted by Gasteiger charge is 2.20. The van der Waals surface area contributed by atoms with Gasteiger partial charge in [-0.25, -0.2) is 4.98 Å². The van der Waals surface area contributed by atoms with Gasteiger partial charge in [0.15, 0.2) is 11.5 Å². The van der Waals surface area contributed by atoms with Crippen LogP contribution in [0.2, 0.25) is 0 Å². The molecule has 6 aromatic rings. The second kappa shape index (κ2) is 8.87. The molecule has 0 aliphatic carbocycles. The maximum absolute atomic E-state index is 14.2. The fourth-order valence-corrected chi connectivity index (χ4v) is 4.65. The number of fused-ring (bicyclic) bond motifs is 2. The van der Waals surface area contributed by atoms with Crippen molar-refractivity contribution in [1.29, 1.82) is 0 Å². The van der Waals surface area contributed by atoms with Gasteiger partial charge in [0.25, 0.3) is 5.56 Å². The minimum Gasteiger partial charge on any atom is -0.368 e. The Morgan fingerprint density at radius 3 is 2.62 bits per heavy atom. The Hall–Kier alpha value is -5.05. The average Bonchev–Trinajstić information content (AvgIpc) is 3.38. The molecule has 9 heteroatoms. The lowest BCUT2D eigenvalue weighted by Crippen LogP contribution is -2.26. The van der Waals surface area contributed by atoms with Gasteiger partial charge in [-0.15, -0.1) is 0 Å². The number of para-hydroxylation sites is 1. The molecule has 37 heavy (non-hydrogen) atoms. The third-order valence-electron chi connectivity index (χ3n) is 6.41.